The Kier molecular flexibility index (Phi) is 9.13. The highest BCUT2D eigenvalue weighted by molar-refractivity contribution is 5.64. The lowest BCUT2D eigenvalue weighted by Gasteiger charge is -2.26. The summed E-state index contributed by atoms with van der Waals surface area (Å²) in [6, 6.07) is 14.2. The number of nitriles is 2. The number of hydrogen-bond acceptors (Lipinski definition) is 9. The first kappa shape index (κ1) is 26.5. The zero-order valence-corrected chi connectivity index (χ0v) is 20.5. The van der Waals surface area contributed by atoms with Crippen LogP contribution in [0.1, 0.15) is 17.5 Å². The molecule has 0 saturated carbocycles. The summed E-state index contributed by atoms with van der Waals surface area (Å²) in [7, 11) is 0. The number of hydrogen-bond donors (Lipinski definition) is 2. The lowest BCUT2D eigenvalue weighted by Crippen LogP contribution is -2.37. The fraction of sp³-hybridized carbons (Fsp3) is 0.259. The number of nitrogens with one attached hydrogen (secondary N) is 2. The van der Waals surface area contributed by atoms with Crippen LogP contribution in [0, 0.1) is 34.3 Å². The number of rotatable bonds is 10. The predicted molar refractivity (Wildman–Crippen MR) is 138 cm³/mol. The Morgan fingerprint density at radius 2 is 1.76 bits per heavy atom. The van der Waals surface area contributed by atoms with Gasteiger partial charge in [0.2, 0.25) is 11.8 Å². The maximum Gasteiger partial charge on any atom is 0.232 e. The van der Waals surface area contributed by atoms with Gasteiger partial charge in [-0.2, -0.15) is 20.5 Å². The summed E-state index contributed by atoms with van der Waals surface area (Å²) in [4.78, 5) is 11.0. The molecule has 0 amide bonds. The van der Waals surface area contributed by atoms with E-state index in [0.29, 0.717) is 17.9 Å². The Morgan fingerprint density at radius 3 is 2.45 bits per heavy atom. The summed E-state index contributed by atoms with van der Waals surface area (Å²) in [6.07, 6.45) is 3.20. The molecule has 38 heavy (non-hydrogen) atoms. The molecule has 9 nitrogen and oxygen atoms in total. The molecule has 2 heterocycles. The number of allylic oxidation sites excluding steroid dienone is 1. The first-order valence-corrected chi connectivity index (χ1v) is 12.0. The van der Waals surface area contributed by atoms with Gasteiger partial charge in [-0.1, -0.05) is 0 Å². The molecule has 1 fully saturated rings. The molecule has 0 spiro atoms. The Bertz CT molecular complexity index is 1340. The predicted octanol–water partition coefficient (Wildman–Crippen LogP) is 4.75. The fourth-order valence-electron chi connectivity index (χ4n) is 3.74. The van der Waals surface area contributed by atoms with Crippen molar-refractivity contribution in [1.82, 2.24) is 14.9 Å². The third kappa shape index (κ3) is 7.46. The van der Waals surface area contributed by atoms with Crippen LogP contribution < -0.4 is 15.4 Å². The third-order valence-corrected chi connectivity index (χ3v) is 5.61. The molecule has 1 saturated heterocycles. The van der Waals surface area contributed by atoms with Crippen LogP contribution in [-0.2, 0) is 4.74 Å². The molecule has 0 atom stereocenters. The number of ether oxygens (including phenoxy) is 2. The second-order valence-electron chi connectivity index (χ2n) is 8.33. The van der Waals surface area contributed by atoms with Crippen molar-refractivity contribution in [2.24, 2.45) is 0 Å². The molecule has 4 rings (SSSR count). The van der Waals surface area contributed by atoms with Crippen molar-refractivity contribution < 1.29 is 18.3 Å². The normalized spacial score (nSPS) is 13.6. The van der Waals surface area contributed by atoms with E-state index in [1.165, 1.54) is 12.1 Å². The van der Waals surface area contributed by atoms with E-state index in [-0.39, 0.29) is 23.2 Å². The lowest BCUT2D eigenvalue weighted by atomic mass is 10.1. The first-order valence-electron chi connectivity index (χ1n) is 12.0. The molecule has 2 N–H and O–H groups in total. The van der Waals surface area contributed by atoms with Gasteiger partial charge in [0.05, 0.1) is 37.5 Å². The largest absolute Gasteiger partial charge is 0.477 e. The van der Waals surface area contributed by atoms with Crippen molar-refractivity contribution in [2.45, 2.75) is 6.42 Å². The van der Waals surface area contributed by atoms with E-state index in [1.807, 2.05) is 0 Å². The summed E-state index contributed by atoms with van der Waals surface area (Å²) in [5, 5.41) is 23.4. The topological polar surface area (TPSA) is 119 Å². The van der Waals surface area contributed by atoms with Crippen molar-refractivity contribution in [2.75, 3.05) is 50.1 Å². The molecular formula is C27H25F2N7O2. The monoisotopic (exact) mass is 517 g/mol. The van der Waals surface area contributed by atoms with Crippen LogP contribution in [0.25, 0.3) is 6.08 Å². The lowest BCUT2D eigenvalue weighted by molar-refractivity contribution is 0.0357. The van der Waals surface area contributed by atoms with Gasteiger partial charge in [-0.3, -0.25) is 4.90 Å². The van der Waals surface area contributed by atoms with Gasteiger partial charge >= 0.3 is 0 Å². The van der Waals surface area contributed by atoms with Crippen molar-refractivity contribution in [1.29, 1.82) is 10.5 Å². The Hall–Kier alpha value is -4.58. The maximum absolute atomic E-state index is 14.7. The number of anilines is 4. The fourth-order valence-corrected chi connectivity index (χ4v) is 3.74. The Morgan fingerprint density at radius 1 is 1.03 bits per heavy atom. The molecule has 0 aliphatic carbocycles. The van der Waals surface area contributed by atoms with E-state index in [4.69, 9.17) is 20.0 Å². The number of morpholine rings is 1. The molecule has 1 aliphatic rings. The van der Waals surface area contributed by atoms with Crippen LogP contribution in [0.5, 0.6) is 5.88 Å². The SMILES string of the molecule is N#CC=Cc1cc(F)c(Nc2cc(OCCCN3CCOCC3)nc(Nc3ccc(C#N)cc3)n2)c(F)c1. The average molecular weight is 518 g/mol. The summed E-state index contributed by atoms with van der Waals surface area (Å²) in [6.45, 7) is 4.42. The van der Waals surface area contributed by atoms with Crippen LogP contribution in [0.15, 0.2) is 48.5 Å². The van der Waals surface area contributed by atoms with Crippen molar-refractivity contribution in [3.63, 3.8) is 0 Å². The zero-order chi connectivity index (χ0) is 26.7. The second kappa shape index (κ2) is 13.1. The number of halogens is 2. The first-order chi connectivity index (χ1) is 18.5. The molecule has 11 heteroatoms. The van der Waals surface area contributed by atoms with Gasteiger partial charge in [0.15, 0.2) is 0 Å². The Labute approximate surface area is 219 Å². The Balaban J connectivity index is 1.53. The summed E-state index contributed by atoms with van der Waals surface area (Å²) < 4.78 is 40.7. The minimum atomic E-state index is -0.851. The summed E-state index contributed by atoms with van der Waals surface area (Å²) >= 11 is 0. The molecule has 0 bridgehead atoms. The van der Waals surface area contributed by atoms with E-state index >= 15 is 0 Å². The number of nitrogens with zero attached hydrogens (tertiary/aromatic N) is 5. The van der Waals surface area contributed by atoms with Crippen molar-refractivity contribution in [3.05, 3.63) is 71.3 Å². The van der Waals surface area contributed by atoms with Gasteiger partial charge < -0.3 is 20.1 Å². The summed E-state index contributed by atoms with van der Waals surface area (Å²) in [5.74, 6) is -1.24. The average Bonchev–Trinajstić information content (AvgIpc) is 2.93. The molecule has 194 valence electrons. The third-order valence-electron chi connectivity index (χ3n) is 5.61. The van der Waals surface area contributed by atoms with E-state index in [0.717, 1.165) is 57.5 Å². The molecule has 1 aliphatic heterocycles. The molecule has 0 radical (unpaired) electrons. The van der Waals surface area contributed by atoms with Crippen molar-refractivity contribution >= 4 is 29.2 Å². The van der Waals surface area contributed by atoms with Gasteiger partial charge in [-0.15, -0.1) is 0 Å². The van der Waals surface area contributed by atoms with Gasteiger partial charge in [0.1, 0.15) is 23.1 Å². The molecule has 2 aromatic carbocycles. The summed E-state index contributed by atoms with van der Waals surface area (Å²) in [5.41, 5.74) is 0.920. The molecule has 1 aromatic heterocycles. The van der Waals surface area contributed by atoms with Crippen LogP contribution in [0.3, 0.4) is 0 Å². The molecule has 0 unspecified atom stereocenters. The minimum Gasteiger partial charge on any atom is -0.477 e. The van der Waals surface area contributed by atoms with Crippen LogP contribution >= 0.6 is 0 Å². The van der Waals surface area contributed by atoms with E-state index in [2.05, 4.69) is 31.6 Å². The highest BCUT2D eigenvalue weighted by Gasteiger charge is 2.15. The zero-order valence-electron chi connectivity index (χ0n) is 20.5. The maximum atomic E-state index is 14.7. The van der Waals surface area contributed by atoms with E-state index in [9.17, 15) is 8.78 Å². The minimum absolute atomic E-state index is 0.109. The molecule has 3 aromatic rings. The highest BCUT2D eigenvalue weighted by atomic mass is 19.1. The van der Waals surface area contributed by atoms with Crippen LogP contribution in [0.2, 0.25) is 0 Å². The standard InChI is InChI=1S/C27H25F2N7O2/c28-22-15-20(3-1-8-30)16-23(29)26(22)33-24-17-25(38-12-2-9-36-10-13-37-14-11-36)35-27(34-24)32-21-6-4-19(18-31)5-7-21/h1,3-7,15-17H,2,9-14H2,(H2,32,33,34,35). The van der Waals surface area contributed by atoms with E-state index in [1.54, 1.807) is 30.3 Å². The number of aromatic nitrogens is 2. The van der Waals surface area contributed by atoms with E-state index < -0.39 is 17.3 Å². The van der Waals surface area contributed by atoms with Gasteiger partial charge in [0, 0.05) is 37.5 Å². The van der Waals surface area contributed by atoms with Crippen molar-refractivity contribution in [3.8, 4) is 18.0 Å². The van der Waals surface area contributed by atoms with Gasteiger partial charge in [-0.05, 0) is 54.5 Å². The van der Waals surface area contributed by atoms with Gasteiger partial charge in [0.25, 0.3) is 0 Å². The molecular weight excluding hydrogens is 492 g/mol. The highest BCUT2D eigenvalue weighted by Crippen LogP contribution is 2.27. The quantitative estimate of drug-likeness (QED) is 0.290. The van der Waals surface area contributed by atoms with Crippen LogP contribution in [0.4, 0.5) is 31.9 Å². The smallest absolute Gasteiger partial charge is 0.232 e. The second-order valence-corrected chi connectivity index (χ2v) is 8.33. The van der Waals surface area contributed by atoms with Crippen LogP contribution in [-0.4, -0.2) is 54.3 Å². The van der Waals surface area contributed by atoms with Gasteiger partial charge in [-0.25, -0.2) is 8.78 Å². The number of benzene rings is 2.